The van der Waals surface area contributed by atoms with E-state index in [9.17, 15) is 27.9 Å². The maximum atomic E-state index is 13.5. The topological polar surface area (TPSA) is 91.9 Å². The van der Waals surface area contributed by atoms with Gasteiger partial charge >= 0.3 is 11.9 Å². The summed E-state index contributed by atoms with van der Waals surface area (Å²) in [6.45, 7) is 0.491. The van der Waals surface area contributed by atoms with Crippen LogP contribution in [0.2, 0.25) is 0 Å². The Morgan fingerprint density at radius 3 is 2.56 bits per heavy atom. The van der Waals surface area contributed by atoms with Crippen LogP contribution in [0.3, 0.4) is 0 Å². The molecule has 174 valence electrons. The molecular formula is C21H23F3N2O6. The van der Waals surface area contributed by atoms with Crippen molar-refractivity contribution in [1.82, 2.24) is 9.13 Å². The summed E-state index contributed by atoms with van der Waals surface area (Å²) in [6.07, 6.45) is -8.01. The van der Waals surface area contributed by atoms with E-state index in [1.54, 1.807) is 0 Å². The smallest absolute Gasteiger partial charge is 0.390 e. The van der Waals surface area contributed by atoms with Crippen LogP contribution < -0.4 is 11.2 Å². The Bertz CT molecular complexity index is 1050. The summed E-state index contributed by atoms with van der Waals surface area (Å²) in [5.41, 5.74) is -3.01. The zero-order chi connectivity index (χ0) is 22.9. The first-order valence-electron chi connectivity index (χ1n) is 10.3. The van der Waals surface area contributed by atoms with E-state index in [4.69, 9.17) is 14.2 Å². The minimum atomic E-state index is -4.97. The van der Waals surface area contributed by atoms with Crippen molar-refractivity contribution in [2.24, 2.45) is 0 Å². The zero-order valence-corrected chi connectivity index (χ0v) is 17.0. The van der Waals surface area contributed by atoms with E-state index in [-0.39, 0.29) is 32.7 Å². The van der Waals surface area contributed by atoms with Crippen LogP contribution in [0, 0.1) is 0 Å². The molecule has 11 heteroatoms. The molecule has 4 atom stereocenters. The van der Waals surface area contributed by atoms with Gasteiger partial charge in [-0.2, -0.15) is 13.2 Å². The summed E-state index contributed by atoms with van der Waals surface area (Å²) in [7, 11) is 0. The minimum Gasteiger partial charge on any atom is -0.390 e. The number of ether oxygens (including phenoxy) is 3. The molecule has 2 aliphatic rings. The molecule has 0 aliphatic carbocycles. The second-order valence-electron chi connectivity index (χ2n) is 7.81. The van der Waals surface area contributed by atoms with Crippen LogP contribution in [0.5, 0.6) is 0 Å². The number of hydrogen-bond donors (Lipinski definition) is 1. The van der Waals surface area contributed by atoms with Crippen LogP contribution in [-0.2, 0) is 27.0 Å². The van der Waals surface area contributed by atoms with Crippen molar-refractivity contribution in [3.63, 3.8) is 0 Å². The molecule has 3 heterocycles. The van der Waals surface area contributed by atoms with Crippen LogP contribution >= 0.6 is 0 Å². The molecule has 0 spiro atoms. The van der Waals surface area contributed by atoms with Gasteiger partial charge in [-0.05, 0) is 18.4 Å². The highest BCUT2D eigenvalue weighted by Gasteiger charge is 2.41. The molecule has 4 rings (SSSR count). The third-order valence-electron chi connectivity index (χ3n) is 5.55. The number of rotatable bonds is 6. The Morgan fingerprint density at radius 2 is 1.91 bits per heavy atom. The lowest BCUT2D eigenvalue weighted by Gasteiger charge is -2.21. The van der Waals surface area contributed by atoms with Crippen molar-refractivity contribution in [3.05, 3.63) is 68.5 Å². The maximum Gasteiger partial charge on any atom is 0.423 e. The van der Waals surface area contributed by atoms with Crippen molar-refractivity contribution < 1.29 is 32.5 Å². The SMILES string of the molecule is O=c1c(C(F)(F)F)cn([C@@H]2CC(O)[C@H](COCc3ccccc3)O2)c(=O)n1C1CCCO1. The molecule has 2 aromatic rings. The van der Waals surface area contributed by atoms with E-state index in [2.05, 4.69) is 0 Å². The second kappa shape index (κ2) is 9.18. The van der Waals surface area contributed by atoms with E-state index in [0.29, 0.717) is 21.8 Å². The van der Waals surface area contributed by atoms with E-state index in [1.165, 1.54) is 0 Å². The van der Waals surface area contributed by atoms with Gasteiger partial charge < -0.3 is 19.3 Å². The fraction of sp³-hybridized carbons (Fsp3) is 0.524. The Morgan fingerprint density at radius 1 is 1.16 bits per heavy atom. The number of halogens is 3. The lowest BCUT2D eigenvalue weighted by molar-refractivity contribution is -0.140. The average molecular weight is 456 g/mol. The van der Waals surface area contributed by atoms with Gasteiger partial charge in [0.2, 0.25) is 0 Å². The molecular weight excluding hydrogens is 433 g/mol. The number of hydrogen-bond acceptors (Lipinski definition) is 6. The van der Waals surface area contributed by atoms with Gasteiger partial charge in [-0.3, -0.25) is 9.36 Å². The number of aromatic nitrogens is 2. The highest BCUT2D eigenvalue weighted by atomic mass is 19.4. The van der Waals surface area contributed by atoms with E-state index in [1.807, 2.05) is 30.3 Å². The van der Waals surface area contributed by atoms with Gasteiger partial charge in [0.05, 0.1) is 19.3 Å². The molecule has 8 nitrogen and oxygen atoms in total. The molecule has 2 aliphatic heterocycles. The zero-order valence-electron chi connectivity index (χ0n) is 17.0. The molecule has 2 saturated heterocycles. The van der Waals surface area contributed by atoms with Crippen LogP contribution in [0.4, 0.5) is 13.2 Å². The third kappa shape index (κ3) is 4.65. The van der Waals surface area contributed by atoms with Crippen LogP contribution in [0.25, 0.3) is 0 Å². The normalized spacial score (nSPS) is 26.0. The number of nitrogens with zero attached hydrogens (tertiary/aromatic N) is 2. The lowest BCUT2D eigenvalue weighted by Crippen LogP contribution is -2.46. The summed E-state index contributed by atoms with van der Waals surface area (Å²) in [5, 5.41) is 10.3. The molecule has 0 bridgehead atoms. The summed E-state index contributed by atoms with van der Waals surface area (Å²) < 4.78 is 58.3. The van der Waals surface area contributed by atoms with Crippen molar-refractivity contribution in [1.29, 1.82) is 0 Å². The lowest BCUT2D eigenvalue weighted by atomic mass is 10.2. The molecule has 1 aromatic carbocycles. The quantitative estimate of drug-likeness (QED) is 0.717. The predicted octanol–water partition coefficient (Wildman–Crippen LogP) is 2.20. The minimum absolute atomic E-state index is 0.0151. The van der Waals surface area contributed by atoms with Crippen LogP contribution in [-0.4, -0.2) is 39.7 Å². The van der Waals surface area contributed by atoms with Crippen molar-refractivity contribution in [2.45, 2.75) is 56.7 Å². The Balaban J connectivity index is 1.56. The van der Waals surface area contributed by atoms with Crippen molar-refractivity contribution in [2.75, 3.05) is 13.2 Å². The number of aliphatic hydroxyl groups is 1. The Kier molecular flexibility index (Phi) is 6.52. The van der Waals surface area contributed by atoms with Crippen LogP contribution in [0.1, 0.15) is 42.8 Å². The van der Waals surface area contributed by atoms with Gasteiger partial charge in [-0.1, -0.05) is 30.3 Å². The first kappa shape index (κ1) is 22.7. The summed E-state index contributed by atoms with van der Waals surface area (Å²) in [4.78, 5) is 25.4. The Labute approximate surface area is 180 Å². The standard InChI is InChI=1S/C21H23F3N2O6/c22-21(23,24)14-10-25(20(29)26(19(14)28)17-7-4-8-31-17)18-9-15(27)16(32-18)12-30-11-13-5-2-1-3-6-13/h1-3,5-6,10,15-18,27H,4,7-9,11-12H2/t15?,16-,17?,18-/m0/s1. The largest absolute Gasteiger partial charge is 0.423 e. The Hall–Kier alpha value is -2.47. The molecule has 32 heavy (non-hydrogen) atoms. The molecule has 0 amide bonds. The van der Waals surface area contributed by atoms with E-state index < -0.39 is 47.7 Å². The predicted molar refractivity (Wildman–Crippen MR) is 105 cm³/mol. The van der Waals surface area contributed by atoms with E-state index in [0.717, 1.165) is 5.56 Å². The molecule has 1 aromatic heterocycles. The highest BCUT2D eigenvalue weighted by Crippen LogP contribution is 2.31. The van der Waals surface area contributed by atoms with Gasteiger partial charge in [0.15, 0.2) is 0 Å². The maximum absolute atomic E-state index is 13.5. The van der Waals surface area contributed by atoms with E-state index >= 15 is 0 Å². The first-order chi connectivity index (χ1) is 15.3. The summed E-state index contributed by atoms with van der Waals surface area (Å²) >= 11 is 0. The average Bonchev–Trinajstić information content (AvgIpc) is 3.38. The molecule has 1 N–H and O–H groups in total. The monoisotopic (exact) mass is 456 g/mol. The second-order valence-corrected chi connectivity index (χ2v) is 7.81. The molecule has 2 unspecified atom stereocenters. The third-order valence-corrected chi connectivity index (χ3v) is 5.55. The van der Waals surface area contributed by atoms with Gasteiger partial charge in [-0.25, -0.2) is 9.36 Å². The fourth-order valence-electron chi connectivity index (χ4n) is 3.91. The molecule has 0 radical (unpaired) electrons. The van der Waals surface area contributed by atoms with Gasteiger partial charge in [0, 0.05) is 19.2 Å². The number of aliphatic hydroxyl groups excluding tert-OH is 1. The number of benzene rings is 1. The summed E-state index contributed by atoms with van der Waals surface area (Å²) in [5.74, 6) is 0. The van der Waals surface area contributed by atoms with Gasteiger partial charge in [0.1, 0.15) is 24.1 Å². The van der Waals surface area contributed by atoms with Gasteiger partial charge in [0.25, 0.3) is 5.56 Å². The van der Waals surface area contributed by atoms with Crippen LogP contribution in [0.15, 0.2) is 46.1 Å². The fourth-order valence-corrected chi connectivity index (χ4v) is 3.91. The number of alkyl halides is 3. The summed E-state index contributed by atoms with van der Waals surface area (Å²) in [6, 6.07) is 9.29. The molecule has 0 saturated carbocycles. The molecule has 2 fully saturated rings. The van der Waals surface area contributed by atoms with Crippen molar-refractivity contribution >= 4 is 0 Å². The van der Waals surface area contributed by atoms with Gasteiger partial charge in [-0.15, -0.1) is 0 Å². The first-order valence-corrected chi connectivity index (χ1v) is 10.3. The van der Waals surface area contributed by atoms with Crippen molar-refractivity contribution in [3.8, 4) is 0 Å². The highest BCUT2D eigenvalue weighted by molar-refractivity contribution is 5.13.